The van der Waals surface area contributed by atoms with Gasteiger partial charge in [-0.25, -0.2) is 8.42 Å². The molecule has 0 bridgehead atoms. The van der Waals surface area contributed by atoms with Crippen molar-refractivity contribution in [3.8, 4) is 5.75 Å². The van der Waals surface area contributed by atoms with Gasteiger partial charge in [0.1, 0.15) is 5.75 Å². The number of nitrogens with one attached hydrogen (secondary N) is 2. The molecule has 9 heteroatoms. The van der Waals surface area contributed by atoms with Gasteiger partial charge in [0.05, 0.1) is 11.9 Å². The first-order valence-electron chi connectivity index (χ1n) is 8.45. The Balaban J connectivity index is 1.95. The highest BCUT2D eigenvalue weighted by atomic mass is 32.2. The fourth-order valence-corrected chi connectivity index (χ4v) is 2.77. The molecule has 2 aromatic rings. The van der Waals surface area contributed by atoms with E-state index in [1.54, 1.807) is 55.5 Å². The second kappa shape index (κ2) is 8.75. The van der Waals surface area contributed by atoms with Crippen molar-refractivity contribution >= 4 is 38.9 Å². The highest BCUT2D eigenvalue weighted by Gasteiger charge is 2.16. The van der Waals surface area contributed by atoms with Gasteiger partial charge in [-0.15, -0.1) is 0 Å². The first-order valence-corrected chi connectivity index (χ1v) is 10.3. The van der Waals surface area contributed by atoms with Crippen molar-refractivity contribution < 1.29 is 22.7 Å². The zero-order chi connectivity index (χ0) is 20.9. The maximum Gasteiger partial charge on any atom is 0.265 e. The van der Waals surface area contributed by atoms with E-state index < -0.39 is 16.1 Å². The number of hydrogen-bond acceptors (Lipinski definition) is 5. The maximum atomic E-state index is 12.3. The third-order valence-electron chi connectivity index (χ3n) is 3.85. The summed E-state index contributed by atoms with van der Waals surface area (Å²) in [6, 6.07) is 13.1. The van der Waals surface area contributed by atoms with E-state index in [0.29, 0.717) is 22.8 Å². The summed E-state index contributed by atoms with van der Waals surface area (Å²) in [5.74, 6) is -0.0773. The Labute approximate surface area is 164 Å². The van der Waals surface area contributed by atoms with Crippen LogP contribution in [0.4, 0.5) is 17.1 Å². The molecule has 2 N–H and O–H groups in total. The van der Waals surface area contributed by atoms with Crippen LogP contribution in [0.2, 0.25) is 0 Å². The van der Waals surface area contributed by atoms with E-state index in [-0.39, 0.29) is 11.8 Å². The lowest BCUT2D eigenvalue weighted by atomic mass is 10.2. The zero-order valence-corrected chi connectivity index (χ0v) is 16.9. The van der Waals surface area contributed by atoms with E-state index in [1.807, 2.05) is 0 Å². The second-order valence-corrected chi connectivity index (χ2v) is 8.25. The molecular formula is C19H23N3O5S. The molecule has 1 atom stereocenters. The molecule has 2 amide bonds. The zero-order valence-electron chi connectivity index (χ0n) is 16.1. The van der Waals surface area contributed by atoms with Gasteiger partial charge in [0.25, 0.3) is 5.91 Å². The monoisotopic (exact) mass is 405 g/mol. The van der Waals surface area contributed by atoms with Crippen molar-refractivity contribution in [3.05, 3.63) is 48.5 Å². The summed E-state index contributed by atoms with van der Waals surface area (Å²) in [6.45, 7) is 3.03. The van der Waals surface area contributed by atoms with Gasteiger partial charge in [0.15, 0.2) is 6.10 Å². The fourth-order valence-electron chi connectivity index (χ4n) is 2.27. The van der Waals surface area contributed by atoms with Crippen LogP contribution in [0, 0.1) is 0 Å². The molecule has 0 fully saturated rings. The summed E-state index contributed by atoms with van der Waals surface area (Å²) < 4.78 is 29.9. The van der Waals surface area contributed by atoms with Gasteiger partial charge in [0.2, 0.25) is 15.9 Å². The summed E-state index contributed by atoms with van der Waals surface area (Å²) in [6.07, 6.45) is 0.348. The Morgan fingerprint density at radius 3 is 1.93 bits per heavy atom. The lowest BCUT2D eigenvalue weighted by Gasteiger charge is -2.18. The lowest BCUT2D eigenvalue weighted by Crippen LogP contribution is -2.30. The van der Waals surface area contributed by atoms with Crippen LogP contribution in [0.25, 0.3) is 0 Å². The van der Waals surface area contributed by atoms with Crippen LogP contribution in [0.3, 0.4) is 0 Å². The van der Waals surface area contributed by atoms with Gasteiger partial charge >= 0.3 is 0 Å². The molecule has 2 rings (SSSR count). The second-order valence-electron chi connectivity index (χ2n) is 6.23. The summed E-state index contributed by atoms with van der Waals surface area (Å²) >= 11 is 0. The Morgan fingerprint density at radius 1 is 0.964 bits per heavy atom. The van der Waals surface area contributed by atoms with E-state index in [4.69, 9.17) is 4.74 Å². The Kier molecular flexibility index (Phi) is 6.63. The number of anilines is 3. The molecule has 0 heterocycles. The van der Waals surface area contributed by atoms with Crippen molar-refractivity contribution in [2.24, 2.45) is 0 Å². The molecule has 0 unspecified atom stereocenters. The number of rotatable bonds is 7. The lowest BCUT2D eigenvalue weighted by molar-refractivity contribution is -0.122. The Morgan fingerprint density at radius 2 is 1.46 bits per heavy atom. The highest BCUT2D eigenvalue weighted by Crippen LogP contribution is 2.21. The predicted octanol–water partition coefficient (Wildman–Crippen LogP) is 2.45. The Bertz CT molecular complexity index is 941. The summed E-state index contributed by atoms with van der Waals surface area (Å²) in [5, 5.41) is 5.37. The standard InChI is InChI=1S/C19H23N3O5S/c1-13(19(24)21-16-7-5-15(6-8-16)20-14(2)23)27-18-11-9-17(10-12-18)22(3)28(4,25)26/h5-13H,1-4H3,(H,20,23)(H,21,24)/t13-/m0/s1. The molecule has 0 radical (unpaired) electrons. The van der Waals surface area contributed by atoms with Crippen LogP contribution in [0.5, 0.6) is 5.75 Å². The number of ether oxygens (including phenoxy) is 1. The van der Waals surface area contributed by atoms with Crippen LogP contribution in [-0.2, 0) is 19.6 Å². The topological polar surface area (TPSA) is 105 Å². The third kappa shape index (κ3) is 5.98. The summed E-state index contributed by atoms with van der Waals surface area (Å²) in [5.41, 5.74) is 1.69. The van der Waals surface area contributed by atoms with Gasteiger partial charge in [-0.3, -0.25) is 13.9 Å². The molecule has 0 spiro atoms. The number of benzene rings is 2. The smallest absolute Gasteiger partial charge is 0.265 e. The summed E-state index contributed by atoms with van der Waals surface area (Å²) in [7, 11) is -1.89. The average molecular weight is 405 g/mol. The van der Waals surface area contributed by atoms with Crippen molar-refractivity contribution in [3.63, 3.8) is 0 Å². The number of nitrogens with zero attached hydrogens (tertiary/aromatic N) is 1. The number of carbonyl (C=O) groups excluding carboxylic acids is 2. The molecule has 0 saturated heterocycles. The van der Waals surface area contributed by atoms with E-state index in [2.05, 4.69) is 10.6 Å². The van der Waals surface area contributed by atoms with Crippen LogP contribution >= 0.6 is 0 Å². The number of sulfonamides is 1. The molecule has 8 nitrogen and oxygen atoms in total. The molecule has 0 aromatic heterocycles. The molecule has 2 aromatic carbocycles. The van der Waals surface area contributed by atoms with Gasteiger partial charge in [-0.1, -0.05) is 0 Å². The van der Waals surface area contributed by atoms with Crippen molar-refractivity contribution in [1.82, 2.24) is 0 Å². The van der Waals surface area contributed by atoms with Crippen molar-refractivity contribution in [2.45, 2.75) is 20.0 Å². The SMILES string of the molecule is CC(=O)Nc1ccc(NC(=O)[C@H](C)Oc2ccc(N(C)S(C)(=O)=O)cc2)cc1. The molecule has 0 saturated carbocycles. The van der Waals surface area contributed by atoms with Crippen LogP contribution in [-0.4, -0.2) is 39.6 Å². The van der Waals surface area contributed by atoms with E-state index in [9.17, 15) is 18.0 Å². The average Bonchev–Trinajstić information content (AvgIpc) is 2.62. The summed E-state index contributed by atoms with van der Waals surface area (Å²) in [4.78, 5) is 23.3. The normalized spacial score (nSPS) is 12.0. The van der Waals surface area contributed by atoms with Crippen LogP contribution < -0.4 is 19.7 Å². The van der Waals surface area contributed by atoms with Crippen LogP contribution in [0.1, 0.15) is 13.8 Å². The minimum atomic E-state index is -3.34. The Hall–Kier alpha value is -3.07. The minimum Gasteiger partial charge on any atom is -0.481 e. The van der Waals surface area contributed by atoms with Gasteiger partial charge in [-0.2, -0.15) is 0 Å². The fraction of sp³-hybridized carbons (Fsp3) is 0.263. The van der Waals surface area contributed by atoms with Gasteiger partial charge in [0, 0.05) is 25.3 Å². The molecular weight excluding hydrogens is 382 g/mol. The predicted molar refractivity (Wildman–Crippen MR) is 109 cm³/mol. The molecule has 150 valence electrons. The van der Waals surface area contributed by atoms with Gasteiger partial charge in [-0.05, 0) is 55.5 Å². The largest absolute Gasteiger partial charge is 0.481 e. The molecule has 0 aliphatic carbocycles. The highest BCUT2D eigenvalue weighted by molar-refractivity contribution is 7.92. The van der Waals surface area contributed by atoms with Crippen molar-refractivity contribution in [2.75, 3.05) is 28.2 Å². The van der Waals surface area contributed by atoms with Crippen molar-refractivity contribution in [1.29, 1.82) is 0 Å². The van der Waals surface area contributed by atoms with E-state index >= 15 is 0 Å². The first-order chi connectivity index (χ1) is 13.1. The van der Waals surface area contributed by atoms with E-state index in [1.165, 1.54) is 14.0 Å². The quantitative estimate of drug-likeness (QED) is 0.736. The maximum absolute atomic E-state index is 12.3. The molecule has 0 aliphatic rings. The first kappa shape index (κ1) is 21.2. The van der Waals surface area contributed by atoms with Gasteiger partial charge < -0.3 is 15.4 Å². The van der Waals surface area contributed by atoms with E-state index in [0.717, 1.165) is 10.6 Å². The number of carbonyl (C=O) groups is 2. The minimum absolute atomic E-state index is 0.174. The molecule has 0 aliphatic heterocycles. The number of hydrogen-bond donors (Lipinski definition) is 2. The van der Waals surface area contributed by atoms with Crippen LogP contribution in [0.15, 0.2) is 48.5 Å². The third-order valence-corrected chi connectivity index (χ3v) is 5.06. The molecule has 28 heavy (non-hydrogen) atoms. The number of amides is 2.